The maximum Gasteiger partial charge on any atom is 0.162 e. The van der Waals surface area contributed by atoms with E-state index in [4.69, 9.17) is 4.74 Å². The Labute approximate surface area is 126 Å². The number of aliphatic hydroxyl groups excluding tert-OH is 1. The summed E-state index contributed by atoms with van der Waals surface area (Å²) in [6, 6.07) is 9.47. The number of rotatable bonds is 7. The van der Waals surface area contributed by atoms with Crippen LogP contribution >= 0.6 is 0 Å². The average molecular weight is 311 g/mol. The van der Waals surface area contributed by atoms with Gasteiger partial charge in [-0.05, 0) is 18.2 Å². The summed E-state index contributed by atoms with van der Waals surface area (Å²) in [5.74, 6) is -2.15. The van der Waals surface area contributed by atoms with E-state index in [1.165, 1.54) is 12.1 Å². The molecular weight excluding hydrogens is 295 g/mol. The zero-order valence-corrected chi connectivity index (χ0v) is 11.7. The smallest absolute Gasteiger partial charge is 0.162 e. The lowest BCUT2D eigenvalue weighted by molar-refractivity contribution is 0.106. The molecule has 118 valence electrons. The fourth-order valence-electron chi connectivity index (χ4n) is 1.83. The first kappa shape index (κ1) is 16.3. The van der Waals surface area contributed by atoms with Gasteiger partial charge in [0.25, 0.3) is 0 Å². The van der Waals surface area contributed by atoms with Crippen LogP contribution in [0.15, 0.2) is 42.5 Å². The van der Waals surface area contributed by atoms with Crippen LogP contribution in [0.25, 0.3) is 0 Å². The van der Waals surface area contributed by atoms with E-state index in [9.17, 15) is 18.3 Å². The van der Waals surface area contributed by atoms with Gasteiger partial charge in [0.2, 0.25) is 0 Å². The van der Waals surface area contributed by atoms with Crippen molar-refractivity contribution in [2.24, 2.45) is 0 Å². The van der Waals surface area contributed by atoms with Crippen molar-refractivity contribution in [2.75, 3.05) is 13.2 Å². The van der Waals surface area contributed by atoms with Crippen LogP contribution in [-0.2, 0) is 6.54 Å². The van der Waals surface area contributed by atoms with E-state index in [-0.39, 0.29) is 31.3 Å². The van der Waals surface area contributed by atoms with Gasteiger partial charge in [0.15, 0.2) is 11.6 Å². The predicted molar refractivity (Wildman–Crippen MR) is 76.0 cm³/mol. The van der Waals surface area contributed by atoms with Crippen LogP contribution in [0.4, 0.5) is 13.2 Å². The first-order chi connectivity index (χ1) is 10.6. The van der Waals surface area contributed by atoms with E-state index in [2.05, 4.69) is 5.32 Å². The van der Waals surface area contributed by atoms with Crippen molar-refractivity contribution < 1.29 is 23.0 Å². The van der Waals surface area contributed by atoms with Gasteiger partial charge < -0.3 is 15.2 Å². The van der Waals surface area contributed by atoms with Crippen molar-refractivity contribution in [1.82, 2.24) is 5.32 Å². The molecule has 6 heteroatoms. The zero-order chi connectivity index (χ0) is 15.9. The van der Waals surface area contributed by atoms with Crippen molar-refractivity contribution in [3.63, 3.8) is 0 Å². The molecule has 0 heterocycles. The molecule has 2 aromatic carbocycles. The molecule has 2 aromatic rings. The standard InChI is InChI=1S/C16H16F3NO2/c17-14-4-2-1-3-11(14)8-20-9-12(21)10-22-13-5-6-15(18)16(19)7-13/h1-7,12,20-21H,8-10H2. The first-order valence-electron chi connectivity index (χ1n) is 6.76. The van der Waals surface area contributed by atoms with E-state index in [1.807, 2.05) is 0 Å². The van der Waals surface area contributed by atoms with E-state index in [1.54, 1.807) is 18.2 Å². The molecule has 2 N–H and O–H groups in total. The molecule has 22 heavy (non-hydrogen) atoms. The highest BCUT2D eigenvalue weighted by molar-refractivity contribution is 5.23. The third kappa shape index (κ3) is 4.75. The van der Waals surface area contributed by atoms with Crippen LogP contribution in [0.2, 0.25) is 0 Å². The van der Waals surface area contributed by atoms with Gasteiger partial charge in [0, 0.05) is 24.7 Å². The summed E-state index contributed by atoms with van der Waals surface area (Å²) in [5.41, 5.74) is 0.497. The largest absolute Gasteiger partial charge is 0.491 e. The molecule has 1 unspecified atom stereocenters. The molecule has 0 radical (unpaired) electrons. The number of hydrogen-bond acceptors (Lipinski definition) is 3. The summed E-state index contributed by atoms with van der Waals surface area (Å²) in [7, 11) is 0. The molecule has 0 aromatic heterocycles. The minimum Gasteiger partial charge on any atom is -0.491 e. The van der Waals surface area contributed by atoms with Crippen LogP contribution in [0.3, 0.4) is 0 Å². The Bertz CT molecular complexity index is 622. The first-order valence-corrected chi connectivity index (χ1v) is 6.76. The van der Waals surface area contributed by atoms with Crippen LogP contribution in [0.1, 0.15) is 5.56 Å². The van der Waals surface area contributed by atoms with E-state index >= 15 is 0 Å². The Kier molecular flexibility index (Phi) is 5.80. The van der Waals surface area contributed by atoms with Crippen LogP contribution in [-0.4, -0.2) is 24.4 Å². The van der Waals surface area contributed by atoms with Crippen LogP contribution in [0.5, 0.6) is 5.75 Å². The summed E-state index contributed by atoms with van der Waals surface area (Å²) in [5, 5.41) is 12.6. The van der Waals surface area contributed by atoms with Crippen LogP contribution in [0, 0.1) is 17.5 Å². The molecule has 2 rings (SSSR count). The second-order valence-corrected chi connectivity index (χ2v) is 4.76. The van der Waals surface area contributed by atoms with Crippen molar-refractivity contribution >= 4 is 0 Å². The van der Waals surface area contributed by atoms with Crippen molar-refractivity contribution in [1.29, 1.82) is 0 Å². The number of halogens is 3. The van der Waals surface area contributed by atoms with Crippen molar-refractivity contribution in [3.8, 4) is 5.75 Å². The molecule has 0 saturated heterocycles. The molecule has 0 amide bonds. The number of aliphatic hydroxyl groups is 1. The number of ether oxygens (including phenoxy) is 1. The summed E-state index contributed by atoms with van der Waals surface area (Å²) >= 11 is 0. The van der Waals surface area contributed by atoms with Gasteiger partial charge in [0.1, 0.15) is 24.3 Å². The molecule has 0 aliphatic heterocycles. The molecule has 0 aliphatic rings. The predicted octanol–water partition coefficient (Wildman–Crippen LogP) is 2.63. The monoisotopic (exact) mass is 311 g/mol. The maximum atomic E-state index is 13.4. The van der Waals surface area contributed by atoms with E-state index < -0.39 is 17.7 Å². The zero-order valence-electron chi connectivity index (χ0n) is 11.7. The fraction of sp³-hybridized carbons (Fsp3) is 0.250. The van der Waals surface area contributed by atoms with Gasteiger partial charge >= 0.3 is 0 Å². The lowest BCUT2D eigenvalue weighted by Crippen LogP contribution is -2.31. The summed E-state index contributed by atoms with van der Waals surface area (Å²) < 4.78 is 44.2. The molecule has 0 saturated carbocycles. The van der Waals surface area contributed by atoms with Gasteiger partial charge in [-0.1, -0.05) is 18.2 Å². The molecule has 0 bridgehead atoms. The number of hydrogen-bond donors (Lipinski definition) is 2. The minimum atomic E-state index is -1.01. The highest BCUT2D eigenvalue weighted by Gasteiger charge is 2.08. The third-order valence-electron chi connectivity index (χ3n) is 2.99. The Morgan fingerprint density at radius 3 is 2.50 bits per heavy atom. The van der Waals surface area contributed by atoms with Gasteiger partial charge in [-0.2, -0.15) is 0 Å². The molecule has 0 fully saturated rings. The van der Waals surface area contributed by atoms with Gasteiger partial charge in [-0.25, -0.2) is 13.2 Å². The average Bonchev–Trinajstić information content (AvgIpc) is 2.50. The van der Waals surface area contributed by atoms with Gasteiger partial charge in [-0.15, -0.1) is 0 Å². The molecule has 0 spiro atoms. The van der Waals surface area contributed by atoms with Crippen LogP contribution < -0.4 is 10.1 Å². The quantitative estimate of drug-likeness (QED) is 0.826. The highest BCUT2D eigenvalue weighted by Crippen LogP contribution is 2.15. The molecular formula is C16H16F3NO2. The minimum absolute atomic E-state index is 0.0880. The van der Waals surface area contributed by atoms with Gasteiger partial charge in [-0.3, -0.25) is 0 Å². The Morgan fingerprint density at radius 2 is 1.77 bits per heavy atom. The second-order valence-electron chi connectivity index (χ2n) is 4.76. The Hall–Kier alpha value is -2.05. The number of benzene rings is 2. The Balaban J connectivity index is 1.73. The Morgan fingerprint density at radius 1 is 1.00 bits per heavy atom. The maximum absolute atomic E-state index is 13.4. The molecule has 3 nitrogen and oxygen atoms in total. The molecule has 0 aliphatic carbocycles. The second kappa shape index (κ2) is 7.82. The highest BCUT2D eigenvalue weighted by atomic mass is 19.2. The van der Waals surface area contributed by atoms with Crippen molar-refractivity contribution in [3.05, 3.63) is 65.5 Å². The third-order valence-corrected chi connectivity index (χ3v) is 2.99. The normalized spacial score (nSPS) is 12.2. The van der Waals surface area contributed by atoms with Gasteiger partial charge in [0.05, 0.1) is 0 Å². The lowest BCUT2D eigenvalue weighted by Gasteiger charge is -2.13. The van der Waals surface area contributed by atoms with Crippen molar-refractivity contribution in [2.45, 2.75) is 12.6 Å². The number of nitrogens with one attached hydrogen (secondary N) is 1. The topological polar surface area (TPSA) is 41.5 Å². The fourth-order valence-corrected chi connectivity index (χ4v) is 1.83. The van der Waals surface area contributed by atoms with E-state index in [0.717, 1.165) is 12.1 Å². The summed E-state index contributed by atoms with van der Waals surface area (Å²) in [6.45, 7) is 0.363. The summed E-state index contributed by atoms with van der Waals surface area (Å²) in [4.78, 5) is 0. The lowest BCUT2D eigenvalue weighted by atomic mass is 10.2. The summed E-state index contributed by atoms with van der Waals surface area (Å²) in [6.07, 6.45) is -0.861. The SMILES string of the molecule is OC(CNCc1ccccc1F)COc1ccc(F)c(F)c1. The van der Waals surface area contributed by atoms with E-state index in [0.29, 0.717) is 5.56 Å². The molecule has 1 atom stereocenters.